The summed E-state index contributed by atoms with van der Waals surface area (Å²) in [6.45, 7) is 3.64. The lowest BCUT2D eigenvalue weighted by Gasteiger charge is -2.15. The van der Waals surface area contributed by atoms with Crippen LogP contribution < -0.4 is 9.47 Å². The summed E-state index contributed by atoms with van der Waals surface area (Å²) in [7, 11) is 2.85. The number of ketones is 1. The molecule has 20 heavy (non-hydrogen) atoms. The zero-order chi connectivity index (χ0) is 15.3. The third-order valence-electron chi connectivity index (χ3n) is 2.75. The number of rotatable bonds is 6. The van der Waals surface area contributed by atoms with Gasteiger partial charge in [0.2, 0.25) is 0 Å². The monoisotopic (exact) mass is 300 g/mol. The number of esters is 1. The topological polar surface area (TPSA) is 61.8 Å². The van der Waals surface area contributed by atoms with Gasteiger partial charge in [0, 0.05) is 0 Å². The highest BCUT2D eigenvalue weighted by Gasteiger charge is 2.26. The van der Waals surface area contributed by atoms with Gasteiger partial charge in [-0.3, -0.25) is 4.79 Å². The van der Waals surface area contributed by atoms with E-state index in [-0.39, 0.29) is 22.9 Å². The van der Waals surface area contributed by atoms with Gasteiger partial charge in [-0.2, -0.15) is 0 Å². The first-order chi connectivity index (χ1) is 9.51. The lowest BCUT2D eigenvalue weighted by atomic mass is 10.0. The summed E-state index contributed by atoms with van der Waals surface area (Å²) in [6, 6.07) is 1.54. The highest BCUT2D eigenvalue weighted by molar-refractivity contribution is 6.43. The highest BCUT2D eigenvalue weighted by atomic mass is 35.5. The zero-order valence-electron chi connectivity index (χ0n) is 11.9. The van der Waals surface area contributed by atoms with Gasteiger partial charge in [0.05, 0.1) is 26.4 Å². The molecule has 0 aliphatic heterocycles. The number of hydrogen-bond donors (Lipinski definition) is 0. The molecule has 0 aliphatic rings. The Morgan fingerprint density at radius 3 is 2.20 bits per heavy atom. The van der Waals surface area contributed by atoms with Crippen LogP contribution in [0.3, 0.4) is 0 Å². The fourth-order valence-corrected chi connectivity index (χ4v) is 2.20. The van der Waals surface area contributed by atoms with E-state index < -0.39 is 11.8 Å². The number of halogens is 1. The number of ether oxygens (including phenoxy) is 3. The van der Waals surface area contributed by atoms with Crippen LogP contribution in [-0.4, -0.2) is 32.6 Å². The van der Waals surface area contributed by atoms with Crippen molar-refractivity contribution in [3.8, 4) is 11.5 Å². The van der Waals surface area contributed by atoms with E-state index >= 15 is 0 Å². The smallest absolute Gasteiger partial charge is 0.379 e. The van der Waals surface area contributed by atoms with Crippen molar-refractivity contribution in [2.45, 2.75) is 20.3 Å². The van der Waals surface area contributed by atoms with Crippen LogP contribution in [0.4, 0.5) is 0 Å². The fourth-order valence-electron chi connectivity index (χ4n) is 1.83. The number of carbonyl (C=O) groups excluding carboxylic acids is 2. The first kappa shape index (κ1) is 16.3. The molecule has 0 fully saturated rings. The predicted molar refractivity (Wildman–Crippen MR) is 74.9 cm³/mol. The standard InChI is InChI=1S/C14H17ClO5/c1-5-8-7-9(11(16)14(17)20-6-2)13(19-4)10(15)12(8)18-3/h7H,5-6H2,1-4H3. The summed E-state index contributed by atoms with van der Waals surface area (Å²) in [5.41, 5.74) is 0.791. The maximum Gasteiger partial charge on any atom is 0.379 e. The van der Waals surface area contributed by atoms with E-state index in [0.29, 0.717) is 17.7 Å². The minimum atomic E-state index is -0.936. The quantitative estimate of drug-likeness (QED) is 0.459. The van der Waals surface area contributed by atoms with Crippen molar-refractivity contribution in [1.29, 1.82) is 0 Å². The van der Waals surface area contributed by atoms with E-state index in [4.69, 9.17) is 25.8 Å². The molecule has 110 valence electrons. The molecule has 0 saturated carbocycles. The van der Waals surface area contributed by atoms with Crippen molar-refractivity contribution in [2.24, 2.45) is 0 Å². The lowest BCUT2D eigenvalue weighted by molar-refractivity contribution is -0.137. The van der Waals surface area contributed by atoms with Crippen molar-refractivity contribution in [3.05, 3.63) is 22.2 Å². The number of aryl methyl sites for hydroxylation is 1. The SMILES string of the molecule is CCOC(=O)C(=O)c1cc(CC)c(OC)c(Cl)c1OC. The molecular formula is C14H17ClO5. The minimum Gasteiger partial charge on any atom is -0.495 e. The molecule has 0 radical (unpaired) electrons. The second-order valence-corrected chi connectivity index (χ2v) is 4.24. The Morgan fingerprint density at radius 1 is 1.15 bits per heavy atom. The van der Waals surface area contributed by atoms with E-state index in [9.17, 15) is 9.59 Å². The van der Waals surface area contributed by atoms with Crippen molar-refractivity contribution < 1.29 is 23.8 Å². The van der Waals surface area contributed by atoms with Crippen LogP contribution in [0.1, 0.15) is 29.8 Å². The van der Waals surface area contributed by atoms with Gasteiger partial charge in [-0.15, -0.1) is 0 Å². The molecule has 6 heteroatoms. The highest BCUT2D eigenvalue weighted by Crippen LogP contribution is 2.40. The maximum absolute atomic E-state index is 12.1. The molecule has 0 heterocycles. The van der Waals surface area contributed by atoms with Crippen molar-refractivity contribution in [3.63, 3.8) is 0 Å². The molecule has 0 unspecified atom stereocenters. The third-order valence-corrected chi connectivity index (χ3v) is 3.09. The molecule has 0 aromatic heterocycles. The Morgan fingerprint density at radius 2 is 1.75 bits per heavy atom. The average molecular weight is 301 g/mol. The largest absolute Gasteiger partial charge is 0.495 e. The van der Waals surface area contributed by atoms with E-state index in [1.807, 2.05) is 6.92 Å². The summed E-state index contributed by atoms with van der Waals surface area (Å²) in [4.78, 5) is 23.7. The Balaban J connectivity index is 3.42. The van der Waals surface area contributed by atoms with Gasteiger partial charge >= 0.3 is 5.97 Å². The molecule has 0 atom stereocenters. The number of hydrogen-bond acceptors (Lipinski definition) is 5. The number of carbonyl (C=O) groups is 2. The van der Waals surface area contributed by atoms with E-state index in [0.717, 1.165) is 0 Å². The van der Waals surface area contributed by atoms with Crippen molar-refractivity contribution in [2.75, 3.05) is 20.8 Å². The molecule has 1 aromatic carbocycles. The normalized spacial score (nSPS) is 10.1. The third kappa shape index (κ3) is 3.04. The van der Waals surface area contributed by atoms with Gasteiger partial charge in [-0.1, -0.05) is 18.5 Å². The number of benzene rings is 1. The summed E-state index contributed by atoms with van der Waals surface area (Å²) in [6.07, 6.45) is 0.593. The van der Waals surface area contributed by atoms with Crippen LogP contribution >= 0.6 is 11.6 Å². The van der Waals surface area contributed by atoms with Crippen LogP contribution in [0.5, 0.6) is 11.5 Å². The minimum absolute atomic E-state index is 0.0774. The predicted octanol–water partition coefficient (Wildman–Crippen LogP) is 2.67. The van der Waals surface area contributed by atoms with Gasteiger partial charge in [0.15, 0.2) is 5.75 Å². The second kappa shape index (κ2) is 7.14. The van der Waals surface area contributed by atoms with Crippen LogP contribution in [0, 0.1) is 0 Å². The Bertz CT molecular complexity index is 525. The summed E-state index contributed by atoms with van der Waals surface area (Å²) < 4.78 is 15.0. The van der Waals surface area contributed by atoms with E-state index in [1.54, 1.807) is 13.0 Å². The van der Waals surface area contributed by atoms with Crippen LogP contribution in [0.25, 0.3) is 0 Å². The van der Waals surface area contributed by atoms with Crippen molar-refractivity contribution in [1.82, 2.24) is 0 Å². The Labute approximate surface area is 122 Å². The Hall–Kier alpha value is -1.75. The van der Waals surface area contributed by atoms with Gasteiger partial charge in [-0.25, -0.2) is 4.79 Å². The number of methoxy groups -OCH3 is 2. The first-order valence-electron chi connectivity index (χ1n) is 6.16. The van der Waals surface area contributed by atoms with Gasteiger partial charge < -0.3 is 14.2 Å². The van der Waals surface area contributed by atoms with Crippen LogP contribution in [0.15, 0.2) is 6.07 Å². The summed E-state index contributed by atoms with van der Waals surface area (Å²) in [5, 5.41) is 0.169. The van der Waals surface area contributed by atoms with E-state index in [1.165, 1.54) is 14.2 Å². The molecule has 1 aromatic rings. The lowest BCUT2D eigenvalue weighted by Crippen LogP contribution is -2.19. The number of Topliss-reactive ketones (excluding diaryl/α,β-unsaturated/α-hetero) is 1. The van der Waals surface area contributed by atoms with Gasteiger partial charge in [0.25, 0.3) is 5.78 Å². The van der Waals surface area contributed by atoms with E-state index in [2.05, 4.69) is 0 Å². The summed E-state index contributed by atoms with van der Waals surface area (Å²) in [5.74, 6) is -1.18. The van der Waals surface area contributed by atoms with Crippen LogP contribution in [0.2, 0.25) is 5.02 Å². The molecular weight excluding hydrogens is 284 g/mol. The summed E-state index contributed by atoms with van der Waals surface area (Å²) >= 11 is 6.17. The zero-order valence-corrected chi connectivity index (χ0v) is 12.7. The molecule has 1 rings (SSSR count). The molecule has 0 N–H and O–H groups in total. The second-order valence-electron chi connectivity index (χ2n) is 3.87. The molecule has 0 saturated heterocycles. The molecule has 0 aliphatic carbocycles. The van der Waals surface area contributed by atoms with Gasteiger partial charge in [0.1, 0.15) is 10.8 Å². The average Bonchev–Trinajstić information content (AvgIpc) is 2.45. The maximum atomic E-state index is 12.1. The first-order valence-corrected chi connectivity index (χ1v) is 6.54. The molecule has 0 amide bonds. The van der Waals surface area contributed by atoms with Crippen LogP contribution in [-0.2, 0) is 16.0 Å². The Kier molecular flexibility index (Phi) is 5.82. The van der Waals surface area contributed by atoms with Gasteiger partial charge in [-0.05, 0) is 25.0 Å². The van der Waals surface area contributed by atoms with Crippen molar-refractivity contribution >= 4 is 23.4 Å². The molecule has 0 spiro atoms. The molecule has 0 bridgehead atoms. The fraction of sp³-hybridized carbons (Fsp3) is 0.429. The molecule has 5 nitrogen and oxygen atoms in total.